The Labute approximate surface area is 143 Å². The highest BCUT2D eigenvalue weighted by Crippen LogP contribution is 2.33. The minimum Gasteiger partial charge on any atom is -0.439 e. The molecule has 1 heterocycles. The highest BCUT2D eigenvalue weighted by Gasteiger charge is 2.37. The Kier molecular flexibility index (Phi) is 5.69. The first kappa shape index (κ1) is 17.8. The molecule has 3 nitrogen and oxygen atoms in total. The van der Waals surface area contributed by atoms with Gasteiger partial charge in [-0.2, -0.15) is 13.2 Å². The molecule has 0 atom stereocenters. The maximum atomic E-state index is 13.1. The normalized spacial score (nSPS) is 11.3. The Bertz CT molecular complexity index is 705. The van der Waals surface area contributed by atoms with Gasteiger partial charge in [0.1, 0.15) is 5.75 Å². The fourth-order valence-corrected chi connectivity index (χ4v) is 2.49. The van der Waals surface area contributed by atoms with Crippen LogP contribution in [0.5, 0.6) is 11.6 Å². The van der Waals surface area contributed by atoms with E-state index in [2.05, 4.69) is 20.9 Å². The van der Waals surface area contributed by atoms with Gasteiger partial charge >= 0.3 is 6.18 Å². The van der Waals surface area contributed by atoms with Gasteiger partial charge in [0.05, 0.1) is 5.33 Å². The number of Topliss-reactive ketones (excluding diaryl/α,β-unsaturated/α-hetero) is 1. The molecule has 0 saturated carbocycles. The second-order valence-electron chi connectivity index (χ2n) is 4.38. The molecule has 0 N–H and O–H groups in total. The number of carbonyl (C=O) groups is 1. The van der Waals surface area contributed by atoms with Gasteiger partial charge in [-0.15, -0.1) is 11.8 Å². The number of aromatic nitrogens is 1. The first-order valence-electron chi connectivity index (χ1n) is 6.34. The number of ketones is 1. The second-order valence-corrected chi connectivity index (χ2v) is 5.82. The lowest BCUT2D eigenvalue weighted by atomic mass is 10.1. The number of benzene rings is 1. The fraction of sp³-hybridized carbons (Fsp3) is 0.200. The molecule has 8 heteroatoms. The minimum atomic E-state index is -4.74. The van der Waals surface area contributed by atoms with Crippen LogP contribution in [0.3, 0.4) is 0 Å². The SMILES string of the molecule is CSc1ccc(Oc2ccc(C(=O)CBr)c(C(F)(F)F)n2)cc1. The standard InChI is InChI=1S/C15H11BrF3NO2S/c1-23-10-4-2-9(3-5-10)22-13-7-6-11(12(21)8-16)14(20-13)15(17,18)19/h2-7H,8H2,1H3. The van der Waals surface area contributed by atoms with E-state index in [4.69, 9.17) is 4.74 Å². The summed E-state index contributed by atoms with van der Waals surface area (Å²) < 4.78 is 44.6. The van der Waals surface area contributed by atoms with Gasteiger partial charge in [-0.1, -0.05) is 15.9 Å². The van der Waals surface area contributed by atoms with E-state index >= 15 is 0 Å². The smallest absolute Gasteiger partial charge is 0.434 e. The molecule has 0 radical (unpaired) electrons. The predicted octanol–water partition coefficient (Wildman–Crippen LogP) is 5.19. The Balaban J connectivity index is 2.34. The molecular formula is C15H11BrF3NO2S. The van der Waals surface area contributed by atoms with Crippen molar-refractivity contribution in [2.75, 3.05) is 11.6 Å². The van der Waals surface area contributed by atoms with Crippen LogP contribution in [0.25, 0.3) is 0 Å². The van der Waals surface area contributed by atoms with Gasteiger partial charge in [-0.25, -0.2) is 4.98 Å². The Hall–Kier alpha value is -1.54. The number of ether oxygens (including phenoxy) is 1. The zero-order valence-electron chi connectivity index (χ0n) is 11.9. The summed E-state index contributed by atoms with van der Waals surface area (Å²) in [5, 5.41) is -0.214. The summed E-state index contributed by atoms with van der Waals surface area (Å²) in [6, 6.07) is 9.16. The average Bonchev–Trinajstić information content (AvgIpc) is 2.54. The van der Waals surface area contributed by atoms with E-state index in [-0.39, 0.29) is 11.2 Å². The van der Waals surface area contributed by atoms with Crippen molar-refractivity contribution in [2.24, 2.45) is 0 Å². The molecular weight excluding hydrogens is 395 g/mol. The van der Waals surface area contributed by atoms with Crippen LogP contribution in [0.1, 0.15) is 16.1 Å². The van der Waals surface area contributed by atoms with Crippen molar-refractivity contribution < 1.29 is 22.7 Å². The van der Waals surface area contributed by atoms with Crippen molar-refractivity contribution in [1.82, 2.24) is 4.98 Å². The average molecular weight is 406 g/mol. The number of alkyl halides is 4. The van der Waals surface area contributed by atoms with Crippen LogP contribution in [0.15, 0.2) is 41.3 Å². The Morgan fingerprint density at radius 3 is 2.39 bits per heavy atom. The maximum Gasteiger partial charge on any atom is 0.434 e. The van der Waals surface area contributed by atoms with E-state index in [0.717, 1.165) is 11.0 Å². The van der Waals surface area contributed by atoms with Gasteiger partial charge in [0, 0.05) is 16.5 Å². The van der Waals surface area contributed by atoms with Crippen molar-refractivity contribution >= 4 is 33.5 Å². The summed E-state index contributed by atoms with van der Waals surface area (Å²) >= 11 is 4.40. The van der Waals surface area contributed by atoms with Gasteiger partial charge in [0.2, 0.25) is 5.88 Å². The highest BCUT2D eigenvalue weighted by atomic mass is 79.9. The van der Waals surface area contributed by atoms with Gasteiger partial charge in [-0.05, 0) is 36.6 Å². The van der Waals surface area contributed by atoms with Gasteiger partial charge in [0.15, 0.2) is 11.5 Å². The summed E-state index contributed by atoms with van der Waals surface area (Å²) in [4.78, 5) is 16.0. The monoisotopic (exact) mass is 405 g/mol. The Morgan fingerprint density at radius 1 is 1.22 bits per heavy atom. The van der Waals surface area contributed by atoms with E-state index in [1.165, 1.54) is 17.8 Å². The number of rotatable bonds is 5. The molecule has 0 spiro atoms. The van der Waals surface area contributed by atoms with E-state index < -0.39 is 23.2 Å². The number of pyridine rings is 1. The second kappa shape index (κ2) is 7.35. The van der Waals surface area contributed by atoms with Crippen LogP contribution >= 0.6 is 27.7 Å². The third-order valence-corrected chi connectivity index (χ3v) is 4.09. The number of halogens is 4. The topological polar surface area (TPSA) is 39.2 Å². The summed E-state index contributed by atoms with van der Waals surface area (Å²) in [5.41, 5.74) is -1.74. The van der Waals surface area contributed by atoms with Crippen molar-refractivity contribution in [2.45, 2.75) is 11.1 Å². The molecule has 2 rings (SSSR count). The van der Waals surface area contributed by atoms with Crippen LogP contribution in [0.4, 0.5) is 13.2 Å². The lowest BCUT2D eigenvalue weighted by Gasteiger charge is -2.12. The zero-order chi connectivity index (χ0) is 17.0. The summed E-state index contributed by atoms with van der Waals surface area (Å²) in [7, 11) is 0. The number of carbonyl (C=O) groups excluding carboxylic acids is 1. The van der Waals surface area contributed by atoms with E-state index in [1.54, 1.807) is 24.3 Å². The molecule has 0 amide bonds. The first-order valence-corrected chi connectivity index (χ1v) is 8.69. The number of hydrogen-bond acceptors (Lipinski definition) is 4. The number of thioether (sulfide) groups is 1. The molecule has 0 unspecified atom stereocenters. The van der Waals surface area contributed by atoms with E-state index in [9.17, 15) is 18.0 Å². The lowest BCUT2D eigenvalue weighted by Crippen LogP contribution is -2.16. The summed E-state index contributed by atoms with van der Waals surface area (Å²) in [5.74, 6) is -0.552. The van der Waals surface area contributed by atoms with Crippen molar-refractivity contribution in [3.05, 3.63) is 47.7 Å². The number of nitrogens with zero attached hydrogens (tertiary/aromatic N) is 1. The number of hydrogen-bond donors (Lipinski definition) is 0. The van der Waals surface area contributed by atoms with Gasteiger partial charge in [-0.3, -0.25) is 4.79 Å². The van der Waals surface area contributed by atoms with E-state index in [1.807, 2.05) is 6.26 Å². The van der Waals surface area contributed by atoms with Crippen molar-refractivity contribution in [1.29, 1.82) is 0 Å². The quantitative estimate of drug-likeness (QED) is 0.389. The molecule has 23 heavy (non-hydrogen) atoms. The molecule has 0 fully saturated rings. The van der Waals surface area contributed by atoms with Crippen LogP contribution in [0, 0.1) is 0 Å². The lowest BCUT2D eigenvalue weighted by molar-refractivity contribution is -0.141. The summed E-state index contributed by atoms with van der Waals surface area (Å²) in [6.07, 6.45) is -2.83. The molecule has 1 aromatic carbocycles. The minimum absolute atomic E-state index is 0.214. The third kappa shape index (κ3) is 4.48. The highest BCUT2D eigenvalue weighted by molar-refractivity contribution is 9.09. The molecule has 2 aromatic rings. The van der Waals surface area contributed by atoms with Crippen LogP contribution < -0.4 is 4.74 Å². The maximum absolute atomic E-state index is 13.1. The molecule has 0 aliphatic rings. The predicted molar refractivity (Wildman–Crippen MR) is 85.7 cm³/mol. The van der Waals surface area contributed by atoms with Gasteiger partial charge in [0.25, 0.3) is 0 Å². The van der Waals surface area contributed by atoms with Crippen LogP contribution in [-0.2, 0) is 6.18 Å². The molecule has 0 aliphatic heterocycles. The third-order valence-electron chi connectivity index (χ3n) is 2.84. The fourth-order valence-electron chi connectivity index (χ4n) is 1.78. The molecule has 0 bridgehead atoms. The van der Waals surface area contributed by atoms with E-state index in [0.29, 0.717) is 5.75 Å². The molecule has 0 saturated heterocycles. The van der Waals surface area contributed by atoms with Crippen LogP contribution in [0.2, 0.25) is 0 Å². The van der Waals surface area contributed by atoms with Crippen LogP contribution in [-0.4, -0.2) is 22.4 Å². The van der Waals surface area contributed by atoms with Crippen molar-refractivity contribution in [3.8, 4) is 11.6 Å². The summed E-state index contributed by atoms with van der Waals surface area (Å²) in [6.45, 7) is 0. The largest absolute Gasteiger partial charge is 0.439 e. The Morgan fingerprint density at radius 2 is 1.87 bits per heavy atom. The van der Waals surface area contributed by atoms with Crippen molar-refractivity contribution in [3.63, 3.8) is 0 Å². The first-order chi connectivity index (χ1) is 10.8. The molecule has 122 valence electrons. The van der Waals surface area contributed by atoms with Gasteiger partial charge < -0.3 is 4.74 Å². The zero-order valence-corrected chi connectivity index (χ0v) is 14.3. The molecule has 1 aromatic heterocycles. The molecule has 0 aliphatic carbocycles.